The van der Waals surface area contributed by atoms with Crippen LogP contribution in [0.1, 0.15) is 32.9 Å². The van der Waals surface area contributed by atoms with Crippen LogP contribution in [0.5, 0.6) is 0 Å². The molecule has 0 saturated heterocycles. The molecule has 0 spiro atoms. The number of aryl methyl sites for hydroxylation is 2. The molecule has 0 saturated carbocycles. The second-order valence-corrected chi connectivity index (χ2v) is 4.82. The number of nitrogens with one attached hydrogen (secondary N) is 3. The molecular weight excluding hydrogens is 252 g/mol. The molecule has 0 aliphatic carbocycles. The SMILES string of the molecule is CNC(=O)c1cccc(NCc2c(C)n[nH]c2C)c1C. The Labute approximate surface area is 118 Å². The van der Waals surface area contributed by atoms with Crippen LogP contribution in [0.3, 0.4) is 0 Å². The van der Waals surface area contributed by atoms with E-state index in [2.05, 4.69) is 20.8 Å². The van der Waals surface area contributed by atoms with Crippen molar-refractivity contribution in [3.63, 3.8) is 0 Å². The molecular formula is C15H20N4O. The van der Waals surface area contributed by atoms with Crippen LogP contribution in [-0.2, 0) is 6.54 Å². The monoisotopic (exact) mass is 272 g/mol. The maximum absolute atomic E-state index is 11.8. The maximum Gasteiger partial charge on any atom is 0.251 e. The number of benzene rings is 1. The standard InChI is InChI=1S/C15H20N4O/c1-9-12(15(20)16-4)6-5-7-14(9)17-8-13-10(2)18-19-11(13)3/h5-7,17H,8H2,1-4H3,(H,16,20)(H,18,19). The maximum atomic E-state index is 11.8. The number of aromatic amines is 1. The summed E-state index contributed by atoms with van der Waals surface area (Å²) in [7, 11) is 1.64. The van der Waals surface area contributed by atoms with E-state index in [1.807, 2.05) is 39.0 Å². The number of H-pyrrole nitrogens is 1. The molecule has 0 radical (unpaired) electrons. The summed E-state index contributed by atoms with van der Waals surface area (Å²) in [5, 5.41) is 13.2. The van der Waals surface area contributed by atoms with Gasteiger partial charge in [0.15, 0.2) is 0 Å². The number of hydrogen-bond acceptors (Lipinski definition) is 3. The van der Waals surface area contributed by atoms with Crippen molar-refractivity contribution >= 4 is 11.6 Å². The van der Waals surface area contributed by atoms with Crippen LogP contribution in [-0.4, -0.2) is 23.2 Å². The van der Waals surface area contributed by atoms with Crippen molar-refractivity contribution in [3.8, 4) is 0 Å². The molecule has 1 heterocycles. The summed E-state index contributed by atoms with van der Waals surface area (Å²) in [5.41, 5.74) is 5.83. The normalized spacial score (nSPS) is 10.4. The molecule has 0 aliphatic heterocycles. The van der Waals surface area contributed by atoms with Crippen molar-refractivity contribution in [1.29, 1.82) is 0 Å². The predicted molar refractivity (Wildman–Crippen MR) is 80.0 cm³/mol. The smallest absolute Gasteiger partial charge is 0.251 e. The molecule has 3 N–H and O–H groups in total. The third-order valence-electron chi connectivity index (χ3n) is 3.54. The molecule has 0 aliphatic rings. The third kappa shape index (κ3) is 2.66. The van der Waals surface area contributed by atoms with E-state index in [0.29, 0.717) is 12.1 Å². The van der Waals surface area contributed by atoms with Crippen LogP contribution in [0.2, 0.25) is 0 Å². The first-order valence-electron chi connectivity index (χ1n) is 6.60. The van der Waals surface area contributed by atoms with E-state index < -0.39 is 0 Å². The number of amides is 1. The van der Waals surface area contributed by atoms with Crippen LogP contribution in [0.15, 0.2) is 18.2 Å². The lowest BCUT2D eigenvalue weighted by Crippen LogP contribution is -2.19. The summed E-state index contributed by atoms with van der Waals surface area (Å²) in [4.78, 5) is 11.8. The van der Waals surface area contributed by atoms with Crippen molar-refractivity contribution in [2.24, 2.45) is 0 Å². The minimum absolute atomic E-state index is 0.0678. The van der Waals surface area contributed by atoms with E-state index in [1.165, 1.54) is 0 Å². The van der Waals surface area contributed by atoms with E-state index in [-0.39, 0.29) is 5.91 Å². The van der Waals surface area contributed by atoms with Crippen molar-refractivity contribution in [2.45, 2.75) is 27.3 Å². The number of carbonyl (C=O) groups excluding carboxylic acids is 1. The van der Waals surface area contributed by atoms with Crippen molar-refractivity contribution in [1.82, 2.24) is 15.5 Å². The highest BCUT2D eigenvalue weighted by Gasteiger charge is 2.11. The first-order chi connectivity index (χ1) is 9.54. The number of nitrogens with zero attached hydrogens (tertiary/aromatic N) is 1. The topological polar surface area (TPSA) is 69.8 Å². The summed E-state index contributed by atoms with van der Waals surface area (Å²) in [5.74, 6) is -0.0678. The molecule has 2 rings (SSSR count). The zero-order valence-corrected chi connectivity index (χ0v) is 12.3. The van der Waals surface area contributed by atoms with Gasteiger partial charge in [0.2, 0.25) is 0 Å². The van der Waals surface area contributed by atoms with Gasteiger partial charge < -0.3 is 10.6 Å². The Bertz CT molecular complexity index is 611. The van der Waals surface area contributed by atoms with Crippen molar-refractivity contribution < 1.29 is 4.79 Å². The highest BCUT2D eigenvalue weighted by Crippen LogP contribution is 2.20. The van der Waals surface area contributed by atoms with Crippen LogP contribution in [0.4, 0.5) is 5.69 Å². The largest absolute Gasteiger partial charge is 0.381 e. The minimum Gasteiger partial charge on any atom is -0.381 e. The number of rotatable bonds is 4. The van der Waals surface area contributed by atoms with Crippen LogP contribution in [0, 0.1) is 20.8 Å². The first kappa shape index (κ1) is 14.1. The second-order valence-electron chi connectivity index (χ2n) is 4.82. The Balaban J connectivity index is 2.20. The number of carbonyl (C=O) groups is 1. The number of anilines is 1. The summed E-state index contributed by atoms with van der Waals surface area (Å²) in [6, 6.07) is 5.69. The van der Waals surface area contributed by atoms with Gasteiger partial charge in [-0.3, -0.25) is 9.89 Å². The Morgan fingerprint density at radius 1 is 1.30 bits per heavy atom. The highest BCUT2D eigenvalue weighted by molar-refractivity contribution is 5.96. The molecule has 1 aromatic heterocycles. The fourth-order valence-electron chi connectivity index (χ4n) is 2.23. The van der Waals surface area contributed by atoms with Crippen LogP contribution < -0.4 is 10.6 Å². The predicted octanol–water partition coefficient (Wildman–Crippen LogP) is 2.31. The second kappa shape index (κ2) is 5.77. The summed E-state index contributed by atoms with van der Waals surface area (Å²) in [6.45, 7) is 6.62. The lowest BCUT2D eigenvalue weighted by Gasteiger charge is -2.12. The summed E-state index contributed by atoms with van der Waals surface area (Å²) >= 11 is 0. The van der Waals surface area contributed by atoms with E-state index in [0.717, 1.165) is 28.2 Å². The first-order valence-corrected chi connectivity index (χ1v) is 6.60. The van der Waals surface area contributed by atoms with Gasteiger partial charge in [-0.1, -0.05) is 6.07 Å². The Morgan fingerprint density at radius 2 is 2.05 bits per heavy atom. The van der Waals surface area contributed by atoms with Gasteiger partial charge in [0.05, 0.1) is 5.69 Å². The summed E-state index contributed by atoms with van der Waals surface area (Å²) in [6.07, 6.45) is 0. The minimum atomic E-state index is -0.0678. The Kier molecular flexibility index (Phi) is 4.08. The van der Waals surface area contributed by atoms with Gasteiger partial charge in [0.25, 0.3) is 5.91 Å². The Hall–Kier alpha value is -2.30. The van der Waals surface area contributed by atoms with Crippen LogP contribution >= 0.6 is 0 Å². The van der Waals surface area contributed by atoms with E-state index in [9.17, 15) is 4.79 Å². The van der Waals surface area contributed by atoms with Gasteiger partial charge in [-0.2, -0.15) is 5.10 Å². The molecule has 0 atom stereocenters. The quantitative estimate of drug-likeness (QED) is 0.800. The van der Waals surface area contributed by atoms with Gasteiger partial charge in [-0.25, -0.2) is 0 Å². The molecule has 106 valence electrons. The van der Waals surface area contributed by atoms with Gasteiger partial charge >= 0.3 is 0 Å². The van der Waals surface area contributed by atoms with Gasteiger partial charge in [0, 0.05) is 36.1 Å². The molecule has 0 unspecified atom stereocenters. The fourth-order valence-corrected chi connectivity index (χ4v) is 2.23. The van der Waals surface area contributed by atoms with Crippen molar-refractivity contribution in [2.75, 3.05) is 12.4 Å². The number of aromatic nitrogens is 2. The molecule has 1 aromatic carbocycles. The Morgan fingerprint density at radius 3 is 2.65 bits per heavy atom. The molecule has 1 amide bonds. The highest BCUT2D eigenvalue weighted by atomic mass is 16.1. The molecule has 5 nitrogen and oxygen atoms in total. The molecule has 5 heteroatoms. The van der Waals surface area contributed by atoms with E-state index in [4.69, 9.17) is 0 Å². The molecule has 20 heavy (non-hydrogen) atoms. The summed E-state index contributed by atoms with van der Waals surface area (Å²) < 4.78 is 0. The fraction of sp³-hybridized carbons (Fsp3) is 0.333. The van der Waals surface area contributed by atoms with Crippen molar-refractivity contribution in [3.05, 3.63) is 46.3 Å². The van der Waals surface area contributed by atoms with Crippen LogP contribution in [0.25, 0.3) is 0 Å². The third-order valence-corrected chi connectivity index (χ3v) is 3.54. The zero-order valence-electron chi connectivity index (χ0n) is 12.3. The zero-order chi connectivity index (χ0) is 14.7. The van der Waals surface area contributed by atoms with Gasteiger partial charge in [-0.05, 0) is 38.5 Å². The van der Waals surface area contributed by atoms with Gasteiger partial charge in [-0.15, -0.1) is 0 Å². The number of hydrogen-bond donors (Lipinski definition) is 3. The molecule has 2 aromatic rings. The lowest BCUT2D eigenvalue weighted by atomic mass is 10.1. The lowest BCUT2D eigenvalue weighted by molar-refractivity contribution is 0.0962. The average molecular weight is 272 g/mol. The molecule has 0 bridgehead atoms. The average Bonchev–Trinajstić information content (AvgIpc) is 2.76. The van der Waals surface area contributed by atoms with Gasteiger partial charge in [0.1, 0.15) is 0 Å². The van der Waals surface area contributed by atoms with E-state index in [1.54, 1.807) is 7.05 Å². The van der Waals surface area contributed by atoms with E-state index >= 15 is 0 Å². The molecule has 0 fully saturated rings.